The molecule has 1 heterocycles. The topological polar surface area (TPSA) is 192 Å². The van der Waals surface area contributed by atoms with Gasteiger partial charge in [0.1, 0.15) is 28.6 Å². The number of carbonyl (C=O) groups excluding carboxylic acids is 3. The van der Waals surface area contributed by atoms with E-state index in [0.29, 0.717) is 36.6 Å². The van der Waals surface area contributed by atoms with Crippen LogP contribution in [0.15, 0.2) is 28.7 Å². The summed E-state index contributed by atoms with van der Waals surface area (Å²) >= 11 is 0. The molecular weight excluding hydrogens is 510 g/mol. The van der Waals surface area contributed by atoms with E-state index in [9.17, 15) is 34.8 Å². The van der Waals surface area contributed by atoms with Gasteiger partial charge in [0.05, 0.1) is 25.3 Å². The normalized spacial score (nSPS) is 30.4. The van der Waals surface area contributed by atoms with Crippen molar-refractivity contribution in [2.75, 3.05) is 34.4 Å². The number of hydrogen-bond donors (Lipinski definition) is 6. The third kappa shape index (κ3) is 3.93. The maximum Gasteiger partial charge on any atom is 0.255 e. The average Bonchev–Trinajstić information content (AvgIpc) is 3.38. The van der Waals surface area contributed by atoms with Crippen molar-refractivity contribution in [2.24, 2.45) is 17.6 Å². The molecule has 0 aromatic heterocycles. The maximum atomic E-state index is 13.8. The van der Waals surface area contributed by atoms with Crippen molar-refractivity contribution < 1.29 is 44.3 Å². The Bertz CT molecular complexity index is 1330. The van der Waals surface area contributed by atoms with Crippen LogP contribution in [0, 0.1) is 11.8 Å². The number of amides is 1. The second-order valence-corrected chi connectivity index (χ2v) is 10.8. The maximum absolute atomic E-state index is 13.8. The minimum Gasteiger partial charge on any atom is -0.510 e. The SMILES string of the molecule is COc1c(CN[C@@H]2CCOC2)cc(O)c2c1C[C@H]1C[C@H]3[C@H](N(C)C)C(O)=C(C(N)=O)C(=O)[C@@]3(O)C(O)=C1C2=O. The Morgan fingerprint density at radius 2 is 2.00 bits per heavy atom. The van der Waals surface area contributed by atoms with E-state index in [0.717, 1.165) is 6.42 Å². The van der Waals surface area contributed by atoms with Crippen LogP contribution >= 0.6 is 0 Å². The number of benzene rings is 1. The van der Waals surface area contributed by atoms with Gasteiger partial charge in [-0.2, -0.15) is 0 Å². The number of Topliss-reactive ketones (excluding diaryl/α,β-unsaturated/α-hetero) is 2. The number of phenolic OH excluding ortho intramolecular Hbond substituents is 1. The lowest BCUT2D eigenvalue weighted by molar-refractivity contribution is -0.148. The average molecular weight is 544 g/mol. The number of rotatable bonds is 6. The molecule has 12 nitrogen and oxygen atoms in total. The highest BCUT2D eigenvalue weighted by atomic mass is 16.5. The first-order valence-corrected chi connectivity index (χ1v) is 12.8. The highest BCUT2D eigenvalue weighted by Crippen LogP contribution is 2.53. The van der Waals surface area contributed by atoms with Crippen molar-refractivity contribution in [3.05, 3.63) is 45.4 Å². The molecule has 1 saturated heterocycles. The summed E-state index contributed by atoms with van der Waals surface area (Å²) in [5, 5.41) is 48.2. The first-order chi connectivity index (χ1) is 18.4. The fourth-order valence-electron chi connectivity index (χ4n) is 6.70. The zero-order chi connectivity index (χ0) is 28.4. The smallest absolute Gasteiger partial charge is 0.255 e. The number of nitrogens with zero attached hydrogens (tertiary/aromatic N) is 1. The van der Waals surface area contributed by atoms with Crippen molar-refractivity contribution >= 4 is 17.5 Å². The zero-order valence-electron chi connectivity index (χ0n) is 22.0. The molecule has 0 bridgehead atoms. The van der Waals surface area contributed by atoms with Gasteiger partial charge < -0.3 is 41.0 Å². The molecule has 0 spiro atoms. The highest BCUT2D eigenvalue weighted by molar-refractivity contribution is 6.24. The molecule has 5 atom stereocenters. The molecule has 0 unspecified atom stereocenters. The molecule has 12 heteroatoms. The number of hydrogen-bond acceptors (Lipinski definition) is 11. The molecule has 39 heavy (non-hydrogen) atoms. The molecule has 1 amide bonds. The van der Waals surface area contributed by atoms with Crippen LogP contribution in [0.25, 0.3) is 0 Å². The van der Waals surface area contributed by atoms with E-state index in [2.05, 4.69) is 5.32 Å². The van der Waals surface area contributed by atoms with Crippen LogP contribution in [0.5, 0.6) is 11.5 Å². The van der Waals surface area contributed by atoms with Gasteiger partial charge in [0.25, 0.3) is 5.91 Å². The van der Waals surface area contributed by atoms with Crippen LogP contribution in [0.3, 0.4) is 0 Å². The van der Waals surface area contributed by atoms with Crippen molar-refractivity contribution in [1.29, 1.82) is 0 Å². The van der Waals surface area contributed by atoms with Crippen molar-refractivity contribution in [3.63, 3.8) is 0 Å². The minimum absolute atomic E-state index is 0.0115. The van der Waals surface area contributed by atoms with Crippen molar-refractivity contribution in [1.82, 2.24) is 10.2 Å². The lowest BCUT2D eigenvalue weighted by Crippen LogP contribution is -2.63. The van der Waals surface area contributed by atoms with Gasteiger partial charge in [-0.05, 0) is 45.3 Å². The number of primary amides is 1. The number of aromatic hydroxyl groups is 1. The van der Waals surface area contributed by atoms with E-state index < -0.39 is 58.0 Å². The number of aliphatic hydroxyl groups excluding tert-OH is 2. The standard InChI is InChI=1S/C27H33N3O9/c1-30(2)20-15-7-11-6-14-18(16(31)8-12(23(14)38-3)9-29-13-4-5-39-10-13)21(32)17(11)24(34)27(15,37)25(35)19(22(20)33)26(28)36/h8,11,13,15,20,29,31,33-34,37H,4-7,9-10H2,1-3H3,(H2,28,36)/t11-,13+,15-,20-,27-/m0/s1. The van der Waals surface area contributed by atoms with E-state index in [1.165, 1.54) is 18.1 Å². The van der Waals surface area contributed by atoms with Crippen LogP contribution in [0.4, 0.5) is 0 Å². The predicted octanol–water partition coefficient (Wildman–Crippen LogP) is 0.00770. The Morgan fingerprint density at radius 3 is 2.59 bits per heavy atom. The van der Waals surface area contributed by atoms with Gasteiger partial charge in [-0.3, -0.25) is 19.3 Å². The Morgan fingerprint density at radius 1 is 1.28 bits per heavy atom. The third-order valence-electron chi connectivity index (χ3n) is 8.46. The lowest BCUT2D eigenvalue weighted by atomic mass is 9.58. The highest BCUT2D eigenvalue weighted by Gasteiger charge is 2.63. The summed E-state index contributed by atoms with van der Waals surface area (Å²) in [6.45, 7) is 1.59. The first kappa shape index (κ1) is 27.1. The molecular formula is C27H33N3O9. The second-order valence-electron chi connectivity index (χ2n) is 10.8. The Labute approximate surface area is 224 Å². The number of aliphatic hydroxyl groups is 3. The summed E-state index contributed by atoms with van der Waals surface area (Å²) in [7, 11) is 4.64. The second kappa shape index (κ2) is 9.63. The number of ether oxygens (including phenoxy) is 2. The van der Waals surface area contributed by atoms with E-state index in [-0.39, 0.29) is 35.8 Å². The summed E-state index contributed by atoms with van der Waals surface area (Å²) in [6, 6.07) is 0.529. The third-order valence-corrected chi connectivity index (χ3v) is 8.46. The van der Waals surface area contributed by atoms with Crippen LogP contribution in [0.1, 0.15) is 34.3 Å². The van der Waals surface area contributed by atoms with Crippen LogP contribution in [-0.4, -0.2) is 94.9 Å². The molecule has 1 aromatic carbocycles. The summed E-state index contributed by atoms with van der Waals surface area (Å²) in [4.78, 5) is 40.8. The summed E-state index contributed by atoms with van der Waals surface area (Å²) in [6.07, 6.45) is 1.02. The van der Waals surface area contributed by atoms with Gasteiger partial charge in [-0.15, -0.1) is 0 Å². The molecule has 3 aliphatic carbocycles. The molecule has 7 N–H and O–H groups in total. The molecule has 1 aliphatic heterocycles. The number of nitrogens with one attached hydrogen (secondary N) is 1. The van der Waals surface area contributed by atoms with Gasteiger partial charge in [-0.25, -0.2) is 0 Å². The predicted molar refractivity (Wildman–Crippen MR) is 136 cm³/mol. The lowest BCUT2D eigenvalue weighted by Gasteiger charge is -2.50. The monoisotopic (exact) mass is 543 g/mol. The summed E-state index contributed by atoms with van der Waals surface area (Å²) in [5.41, 5.74) is 2.66. The molecule has 4 aliphatic rings. The number of allylic oxidation sites excluding steroid dienone is 1. The Kier molecular flexibility index (Phi) is 6.70. The van der Waals surface area contributed by atoms with Crippen LogP contribution in [-0.2, 0) is 27.3 Å². The minimum atomic E-state index is -2.67. The number of nitrogens with two attached hydrogens (primary N) is 1. The molecule has 0 saturated carbocycles. The van der Waals surface area contributed by atoms with Gasteiger partial charge in [-0.1, -0.05) is 0 Å². The van der Waals surface area contributed by atoms with Gasteiger partial charge >= 0.3 is 0 Å². The largest absolute Gasteiger partial charge is 0.510 e. The Balaban J connectivity index is 1.62. The fraction of sp³-hybridized carbons (Fsp3) is 0.519. The van der Waals surface area contributed by atoms with Gasteiger partial charge in [0.2, 0.25) is 5.78 Å². The molecule has 5 rings (SSSR count). The number of fused-ring (bicyclic) bond motifs is 3. The fourth-order valence-corrected chi connectivity index (χ4v) is 6.70. The first-order valence-electron chi connectivity index (χ1n) is 12.8. The summed E-state index contributed by atoms with van der Waals surface area (Å²) in [5.74, 6) is -6.44. The number of ketones is 2. The van der Waals surface area contributed by atoms with Crippen LogP contribution < -0.4 is 15.8 Å². The van der Waals surface area contributed by atoms with E-state index in [1.54, 1.807) is 14.1 Å². The molecule has 1 aromatic rings. The number of methoxy groups -OCH3 is 1. The summed E-state index contributed by atoms with van der Waals surface area (Å²) < 4.78 is 11.1. The number of phenols is 1. The zero-order valence-corrected chi connectivity index (χ0v) is 22.0. The molecule has 0 radical (unpaired) electrons. The van der Waals surface area contributed by atoms with E-state index in [4.69, 9.17) is 15.2 Å². The number of carbonyl (C=O) groups is 3. The Hall–Kier alpha value is -3.45. The molecule has 210 valence electrons. The van der Waals surface area contributed by atoms with Crippen molar-refractivity contribution in [2.45, 2.75) is 43.5 Å². The number of likely N-dealkylation sites (N-methyl/N-ethyl adjacent to an activating group) is 1. The quantitative estimate of drug-likeness (QED) is 0.265. The van der Waals surface area contributed by atoms with Crippen molar-refractivity contribution in [3.8, 4) is 11.5 Å². The van der Waals surface area contributed by atoms with Gasteiger partial charge in [0, 0.05) is 41.8 Å². The van der Waals surface area contributed by atoms with E-state index >= 15 is 0 Å². The van der Waals surface area contributed by atoms with E-state index in [1.807, 2.05) is 0 Å². The molecule has 1 fully saturated rings. The van der Waals surface area contributed by atoms with Gasteiger partial charge in [0.15, 0.2) is 11.4 Å². The van der Waals surface area contributed by atoms with Crippen LogP contribution in [0.2, 0.25) is 0 Å².